The molecule has 0 aromatic heterocycles. The second-order valence-electron chi connectivity index (χ2n) is 6.20. The highest BCUT2D eigenvalue weighted by Gasteiger charge is 2.18. The summed E-state index contributed by atoms with van der Waals surface area (Å²) in [5.74, 6) is -0.921. The van der Waals surface area contributed by atoms with Crippen LogP contribution in [0.25, 0.3) is 0 Å². The van der Waals surface area contributed by atoms with Crippen LogP contribution in [0, 0.1) is 12.7 Å². The van der Waals surface area contributed by atoms with Crippen molar-refractivity contribution in [2.24, 2.45) is 0 Å². The molecule has 0 bridgehead atoms. The number of rotatable bonds is 5. The summed E-state index contributed by atoms with van der Waals surface area (Å²) >= 11 is 0. The molecular formula is C20H23FN2O2. The monoisotopic (exact) mass is 342 g/mol. The van der Waals surface area contributed by atoms with Crippen LogP contribution in [0.1, 0.15) is 38.8 Å². The van der Waals surface area contributed by atoms with E-state index in [1.165, 1.54) is 11.0 Å². The summed E-state index contributed by atoms with van der Waals surface area (Å²) < 4.78 is 14.0. The SMILES string of the molecule is CCN(Cc1ccc(C(=O)N(C)C)cc1)C(=O)c1cc(C)ccc1F. The smallest absolute Gasteiger partial charge is 0.257 e. The van der Waals surface area contributed by atoms with E-state index in [4.69, 9.17) is 0 Å². The highest BCUT2D eigenvalue weighted by atomic mass is 19.1. The molecule has 25 heavy (non-hydrogen) atoms. The lowest BCUT2D eigenvalue weighted by atomic mass is 10.1. The molecule has 5 heteroatoms. The van der Waals surface area contributed by atoms with Crippen molar-refractivity contribution in [2.45, 2.75) is 20.4 Å². The van der Waals surface area contributed by atoms with Crippen LogP contribution in [0.2, 0.25) is 0 Å². The summed E-state index contributed by atoms with van der Waals surface area (Å²) in [6.45, 7) is 4.51. The van der Waals surface area contributed by atoms with Gasteiger partial charge in [-0.25, -0.2) is 4.39 Å². The molecule has 0 saturated carbocycles. The summed E-state index contributed by atoms with van der Waals surface area (Å²) in [6, 6.07) is 11.6. The van der Waals surface area contributed by atoms with Crippen LogP contribution in [-0.2, 0) is 6.54 Å². The molecule has 0 radical (unpaired) electrons. The van der Waals surface area contributed by atoms with Crippen molar-refractivity contribution < 1.29 is 14.0 Å². The average Bonchev–Trinajstić information content (AvgIpc) is 2.61. The van der Waals surface area contributed by atoms with Crippen molar-refractivity contribution in [3.8, 4) is 0 Å². The van der Waals surface area contributed by atoms with Crippen LogP contribution in [0.3, 0.4) is 0 Å². The van der Waals surface area contributed by atoms with E-state index in [0.29, 0.717) is 18.7 Å². The second kappa shape index (κ2) is 7.92. The number of amides is 2. The molecule has 0 spiro atoms. The second-order valence-corrected chi connectivity index (χ2v) is 6.20. The number of hydrogen-bond donors (Lipinski definition) is 0. The third-order valence-corrected chi connectivity index (χ3v) is 4.00. The van der Waals surface area contributed by atoms with Gasteiger partial charge in [-0.1, -0.05) is 23.8 Å². The summed E-state index contributed by atoms with van der Waals surface area (Å²) in [5, 5.41) is 0. The van der Waals surface area contributed by atoms with E-state index in [0.717, 1.165) is 11.1 Å². The van der Waals surface area contributed by atoms with Gasteiger partial charge in [0.05, 0.1) is 5.56 Å². The zero-order valence-electron chi connectivity index (χ0n) is 15.0. The maximum absolute atomic E-state index is 14.0. The largest absolute Gasteiger partial charge is 0.345 e. The van der Waals surface area contributed by atoms with Gasteiger partial charge in [-0.15, -0.1) is 0 Å². The van der Waals surface area contributed by atoms with Crippen molar-refractivity contribution in [3.05, 3.63) is 70.5 Å². The van der Waals surface area contributed by atoms with Crippen LogP contribution in [0.5, 0.6) is 0 Å². The Labute approximate surface area is 147 Å². The van der Waals surface area contributed by atoms with Crippen molar-refractivity contribution in [1.29, 1.82) is 0 Å². The van der Waals surface area contributed by atoms with Crippen molar-refractivity contribution >= 4 is 11.8 Å². The van der Waals surface area contributed by atoms with Gasteiger partial charge in [0.1, 0.15) is 5.82 Å². The summed E-state index contributed by atoms with van der Waals surface area (Å²) in [5.41, 5.74) is 2.40. The van der Waals surface area contributed by atoms with Gasteiger partial charge in [-0.05, 0) is 43.7 Å². The quantitative estimate of drug-likeness (QED) is 0.834. The maximum atomic E-state index is 14.0. The number of carbonyl (C=O) groups is 2. The molecule has 0 N–H and O–H groups in total. The Hall–Kier alpha value is -2.69. The summed E-state index contributed by atoms with van der Waals surface area (Å²) in [4.78, 5) is 27.7. The third kappa shape index (κ3) is 4.44. The molecule has 2 aromatic carbocycles. The van der Waals surface area contributed by atoms with Crippen molar-refractivity contribution in [2.75, 3.05) is 20.6 Å². The van der Waals surface area contributed by atoms with Gasteiger partial charge in [-0.3, -0.25) is 9.59 Å². The maximum Gasteiger partial charge on any atom is 0.257 e. The van der Waals surface area contributed by atoms with Gasteiger partial charge in [0.25, 0.3) is 11.8 Å². The van der Waals surface area contributed by atoms with Gasteiger partial charge in [0.2, 0.25) is 0 Å². The molecule has 0 aliphatic rings. The average molecular weight is 342 g/mol. The first-order valence-corrected chi connectivity index (χ1v) is 8.19. The number of halogens is 1. The van der Waals surface area contributed by atoms with E-state index in [-0.39, 0.29) is 17.4 Å². The molecule has 4 nitrogen and oxygen atoms in total. The van der Waals surface area contributed by atoms with Crippen molar-refractivity contribution in [3.63, 3.8) is 0 Å². The molecule has 0 aliphatic carbocycles. The first-order chi connectivity index (χ1) is 11.8. The van der Waals surface area contributed by atoms with E-state index < -0.39 is 5.82 Å². The van der Waals surface area contributed by atoms with Gasteiger partial charge in [-0.2, -0.15) is 0 Å². The number of nitrogens with zero attached hydrogens (tertiary/aromatic N) is 2. The third-order valence-electron chi connectivity index (χ3n) is 4.00. The molecule has 0 saturated heterocycles. The zero-order chi connectivity index (χ0) is 18.6. The normalized spacial score (nSPS) is 10.4. The van der Waals surface area contributed by atoms with Gasteiger partial charge in [0, 0.05) is 32.7 Å². The Morgan fingerprint density at radius 3 is 2.20 bits per heavy atom. The van der Waals surface area contributed by atoms with Gasteiger partial charge < -0.3 is 9.80 Å². The fourth-order valence-corrected chi connectivity index (χ4v) is 2.53. The Morgan fingerprint density at radius 1 is 1.00 bits per heavy atom. The van der Waals surface area contributed by atoms with Crippen LogP contribution < -0.4 is 0 Å². The molecule has 132 valence electrons. The molecule has 0 heterocycles. The minimum Gasteiger partial charge on any atom is -0.345 e. The minimum absolute atomic E-state index is 0.0724. The lowest BCUT2D eigenvalue weighted by molar-refractivity contribution is 0.0746. The predicted octanol–water partition coefficient (Wildman–Crippen LogP) is 3.50. The van der Waals surface area contributed by atoms with E-state index >= 15 is 0 Å². The topological polar surface area (TPSA) is 40.6 Å². The standard InChI is InChI=1S/C20H23FN2O2/c1-5-23(20(25)17-12-14(2)6-11-18(17)21)13-15-7-9-16(10-8-15)19(24)22(3)4/h6-12H,5,13H2,1-4H3. The molecule has 2 aromatic rings. The fraction of sp³-hybridized carbons (Fsp3) is 0.300. The molecule has 0 fully saturated rings. The Bertz CT molecular complexity index is 770. The zero-order valence-corrected chi connectivity index (χ0v) is 15.0. The van der Waals surface area contributed by atoms with Gasteiger partial charge in [0.15, 0.2) is 0 Å². The van der Waals surface area contributed by atoms with E-state index in [1.54, 1.807) is 43.3 Å². The van der Waals surface area contributed by atoms with Crippen LogP contribution in [0.4, 0.5) is 4.39 Å². The molecule has 2 rings (SSSR count). The highest BCUT2D eigenvalue weighted by molar-refractivity contribution is 5.95. The van der Waals surface area contributed by atoms with Gasteiger partial charge >= 0.3 is 0 Å². The fourth-order valence-electron chi connectivity index (χ4n) is 2.53. The summed E-state index contributed by atoms with van der Waals surface area (Å²) in [6.07, 6.45) is 0. The molecule has 2 amide bonds. The summed E-state index contributed by atoms with van der Waals surface area (Å²) in [7, 11) is 3.40. The molecule has 0 atom stereocenters. The number of aryl methyl sites for hydroxylation is 1. The molecular weight excluding hydrogens is 319 g/mol. The number of carbonyl (C=O) groups excluding carboxylic acids is 2. The molecule has 0 aliphatic heterocycles. The first kappa shape index (κ1) is 18.6. The molecule has 0 unspecified atom stereocenters. The Kier molecular flexibility index (Phi) is 5.91. The minimum atomic E-state index is -0.513. The highest BCUT2D eigenvalue weighted by Crippen LogP contribution is 2.16. The van der Waals surface area contributed by atoms with Crippen molar-refractivity contribution in [1.82, 2.24) is 9.80 Å². The number of benzene rings is 2. The van der Waals surface area contributed by atoms with Crippen LogP contribution in [-0.4, -0.2) is 42.3 Å². The Morgan fingerprint density at radius 2 is 1.64 bits per heavy atom. The number of hydrogen-bond acceptors (Lipinski definition) is 2. The van der Waals surface area contributed by atoms with E-state index in [1.807, 2.05) is 26.0 Å². The van der Waals surface area contributed by atoms with Crippen LogP contribution >= 0.6 is 0 Å². The first-order valence-electron chi connectivity index (χ1n) is 8.19. The lowest BCUT2D eigenvalue weighted by Gasteiger charge is -2.22. The predicted molar refractivity (Wildman–Crippen MR) is 96.0 cm³/mol. The van der Waals surface area contributed by atoms with Crippen LogP contribution in [0.15, 0.2) is 42.5 Å². The Balaban J connectivity index is 2.17. The van der Waals surface area contributed by atoms with E-state index in [2.05, 4.69) is 0 Å². The lowest BCUT2D eigenvalue weighted by Crippen LogP contribution is -2.31. The van der Waals surface area contributed by atoms with E-state index in [9.17, 15) is 14.0 Å².